The van der Waals surface area contributed by atoms with Crippen molar-refractivity contribution in [3.63, 3.8) is 0 Å². The lowest BCUT2D eigenvalue weighted by molar-refractivity contribution is 0.602. The fraction of sp³-hybridized carbons (Fsp3) is 0.600. The molecule has 0 saturated carbocycles. The minimum atomic E-state index is -2.85. The van der Waals surface area contributed by atoms with Gasteiger partial charge in [-0.25, -0.2) is 8.42 Å². The van der Waals surface area contributed by atoms with Crippen molar-refractivity contribution in [3.05, 3.63) is 35.4 Å². The Morgan fingerprint density at radius 2 is 1.85 bits per heavy atom. The highest BCUT2D eigenvalue weighted by molar-refractivity contribution is 8.00. The van der Waals surface area contributed by atoms with Crippen LogP contribution in [-0.2, 0) is 16.3 Å². The average molecular weight is 316 g/mol. The van der Waals surface area contributed by atoms with Crippen LogP contribution in [-0.4, -0.2) is 38.5 Å². The topological polar surface area (TPSA) is 46.2 Å². The Morgan fingerprint density at radius 1 is 1.20 bits per heavy atom. The van der Waals surface area contributed by atoms with Crippen LogP contribution in [0.2, 0.25) is 0 Å². The van der Waals surface area contributed by atoms with Crippen LogP contribution in [0.5, 0.6) is 0 Å². The minimum absolute atomic E-state index is 0.255. The number of aryl methyl sites for hydroxylation is 1. The van der Waals surface area contributed by atoms with Gasteiger partial charge in [-0.2, -0.15) is 11.8 Å². The molecule has 0 radical (unpaired) electrons. The molecule has 1 rings (SSSR count). The molecule has 0 aliphatic heterocycles. The van der Waals surface area contributed by atoms with E-state index in [4.69, 9.17) is 0 Å². The highest BCUT2D eigenvalue weighted by atomic mass is 32.2. The number of nitrogens with one attached hydrogen (secondary N) is 1. The summed E-state index contributed by atoms with van der Waals surface area (Å²) in [6.07, 6.45) is 2.34. The highest BCUT2D eigenvalue weighted by Gasteiger charge is 2.11. The van der Waals surface area contributed by atoms with Crippen molar-refractivity contribution in [1.29, 1.82) is 0 Å². The van der Waals surface area contributed by atoms with E-state index in [2.05, 4.69) is 43.4 Å². The van der Waals surface area contributed by atoms with Crippen molar-refractivity contribution in [2.45, 2.75) is 26.3 Å². The van der Waals surface area contributed by atoms with Crippen molar-refractivity contribution in [2.24, 2.45) is 0 Å². The van der Waals surface area contributed by atoms with Crippen LogP contribution in [0, 0.1) is 0 Å². The van der Waals surface area contributed by atoms with Gasteiger partial charge in [-0.3, -0.25) is 0 Å². The summed E-state index contributed by atoms with van der Waals surface area (Å²) in [5.41, 5.74) is 2.62. The summed E-state index contributed by atoms with van der Waals surface area (Å²) in [5, 5.41) is 3.46. The molecular formula is C15H25NO2S2. The van der Waals surface area contributed by atoms with Gasteiger partial charge in [0.25, 0.3) is 0 Å². The van der Waals surface area contributed by atoms with Gasteiger partial charge in [-0.15, -0.1) is 0 Å². The van der Waals surface area contributed by atoms with Gasteiger partial charge in [-0.05, 0) is 24.1 Å². The SMILES string of the molecule is CCNC(CSCCS(C)(=O)=O)c1ccc(CC)cc1. The monoisotopic (exact) mass is 315 g/mol. The van der Waals surface area contributed by atoms with Gasteiger partial charge in [0.1, 0.15) is 9.84 Å². The molecule has 0 aliphatic rings. The first-order valence-corrected chi connectivity index (χ1v) is 10.3. The zero-order valence-electron chi connectivity index (χ0n) is 12.6. The molecule has 5 heteroatoms. The molecule has 0 aromatic heterocycles. The van der Waals surface area contributed by atoms with Crippen molar-refractivity contribution in [1.82, 2.24) is 5.32 Å². The van der Waals surface area contributed by atoms with Gasteiger partial charge >= 0.3 is 0 Å². The van der Waals surface area contributed by atoms with E-state index in [9.17, 15) is 8.42 Å². The molecule has 0 heterocycles. The van der Waals surface area contributed by atoms with E-state index in [0.717, 1.165) is 18.7 Å². The van der Waals surface area contributed by atoms with Crippen LogP contribution in [0.3, 0.4) is 0 Å². The molecule has 0 spiro atoms. The lowest BCUT2D eigenvalue weighted by Gasteiger charge is -2.18. The molecule has 1 N–H and O–H groups in total. The molecule has 1 aromatic carbocycles. The first-order valence-electron chi connectivity index (χ1n) is 7.04. The number of benzene rings is 1. The van der Waals surface area contributed by atoms with Gasteiger partial charge in [0.2, 0.25) is 0 Å². The van der Waals surface area contributed by atoms with Gasteiger partial charge in [0.05, 0.1) is 5.75 Å². The maximum atomic E-state index is 11.1. The molecule has 1 atom stereocenters. The first-order chi connectivity index (χ1) is 9.46. The zero-order chi connectivity index (χ0) is 15.0. The average Bonchev–Trinajstić information content (AvgIpc) is 2.41. The molecule has 0 amide bonds. The Balaban J connectivity index is 2.54. The van der Waals surface area contributed by atoms with E-state index in [1.54, 1.807) is 11.8 Å². The Labute approximate surface area is 127 Å². The number of hydrogen-bond donors (Lipinski definition) is 1. The summed E-state index contributed by atoms with van der Waals surface area (Å²) in [4.78, 5) is 0. The maximum Gasteiger partial charge on any atom is 0.148 e. The van der Waals surface area contributed by atoms with Crippen molar-refractivity contribution in [3.8, 4) is 0 Å². The van der Waals surface area contributed by atoms with Gasteiger partial charge in [0.15, 0.2) is 0 Å². The fourth-order valence-electron chi connectivity index (χ4n) is 1.92. The second-order valence-electron chi connectivity index (χ2n) is 4.91. The summed E-state index contributed by atoms with van der Waals surface area (Å²) in [6.45, 7) is 5.15. The van der Waals surface area contributed by atoms with Crippen LogP contribution in [0.15, 0.2) is 24.3 Å². The second kappa shape index (κ2) is 8.70. The van der Waals surface area contributed by atoms with E-state index >= 15 is 0 Å². The van der Waals surface area contributed by atoms with Crippen molar-refractivity contribution in [2.75, 3.05) is 30.1 Å². The summed E-state index contributed by atoms with van der Waals surface area (Å²) >= 11 is 1.69. The molecule has 20 heavy (non-hydrogen) atoms. The molecule has 0 bridgehead atoms. The summed E-state index contributed by atoms with van der Waals surface area (Å²) < 4.78 is 22.2. The zero-order valence-corrected chi connectivity index (χ0v) is 14.2. The normalized spacial score (nSPS) is 13.3. The van der Waals surface area contributed by atoms with E-state index in [1.807, 2.05) is 0 Å². The minimum Gasteiger partial charge on any atom is -0.310 e. The Hall–Kier alpha value is -0.520. The number of thioether (sulfide) groups is 1. The van der Waals surface area contributed by atoms with E-state index < -0.39 is 9.84 Å². The molecule has 1 unspecified atom stereocenters. The predicted octanol–water partition coefficient (Wildman–Crippen LogP) is 2.68. The number of rotatable bonds is 9. The van der Waals surface area contributed by atoms with Crippen LogP contribution in [0.4, 0.5) is 0 Å². The molecular weight excluding hydrogens is 290 g/mol. The standard InChI is InChI=1S/C15H25NO2S2/c1-4-13-6-8-14(9-7-13)15(16-5-2)12-19-10-11-20(3,17)18/h6-9,15-16H,4-5,10-12H2,1-3H3. The summed E-state index contributed by atoms with van der Waals surface area (Å²) in [7, 11) is -2.85. The first kappa shape index (κ1) is 17.5. The Morgan fingerprint density at radius 3 is 2.35 bits per heavy atom. The second-order valence-corrected chi connectivity index (χ2v) is 8.32. The molecule has 114 valence electrons. The van der Waals surface area contributed by atoms with Crippen LogP contribution >= 0.6 is 11.8 Å². The Bertz CT molecular complexity index is 483. The van der Waals surface area contributed by atoms with Crippen LogP contribution < -0.4 is 5.32 Å². The van der Waals surface area contributed by atoms with E-state index in [-0.39, 0.29) is 11.8 Å². The van der Waals surface area contributed by atoms with E-state index in [1.165, 1.54) is 17.4 Å². The lowest BCUT2D eigenvalue weighted by atomic mass is 10.1. The maximum absolute atomic E-state index is 11.1. The number of sulfone groups is 1. The smallest absolute Gasteiger partial charge is 0.148 e. The fourth-order valence-corrected chi connectivity index (χ4v) is 4.31. The molecule has 0 fully saturated rings. The molecule has 0 aliphatic carbocycles. The molecule has 3 nitrogen and oxygen atoms in total. The van der Waals surface area contributed by atoms with Crippen molar-refractivity contribution < 1.29 is 8.42 Å². The van der Waals surface area contributed by atoms with E-state index in [0.29, 0.717) is 5.75 Å². The van der Waals surface area contributed by atoms with Crippen LogP contribution in [0.1, 0.15) is 31.0 Å². The summed E-state index contributed by atoms with van der Waals surface area (Å²) in [6, 6.07) is 8.96. The third-order valence-corrected chi connectivity index (χ3v) is 5.39. The lowest BCUT2D eigenvalue weighted by Crippen LogP contribution is -2.23. The molecule has 1 aromatic rings. The highest BCUT2D eigenvalue weighted by Crippen LogP contribution is 2.19. The third-order valence-electron chi connectivity index (χ3n) is 3.12. The summed E-state index contributed by atoms with van der Waals surface area (Å²) in [5.74, 6) is 1.81. The van der Waals surface area contributed by atoms with Gasteiger partial charge in [-0.1, -0.05) is 38.1 Å². The molecule has 0 saturated heterocycles. The Kier molecular flexibility index (Phi) is 7.62. The predicted molar refractivity (Wildman–Crippen MR) is 89.3 cm³/mol. The van der Waals surface area contributed by atoms with Crippen LogP contribution in [0.25, 0.3) is 0 Å². The van der Waals surface area contributed by atoms with Gasteiger partial charge < -0.3 is 5.32 Å². The van der Waals surface area contributed by atoms with Crippen molar-refractivity contribution >= 4 is 21.6 Å². The van der Waals surface area contributed by atoms with Gasteiger partial charge in [0, 0.05) is 23.8 Å². The number of hydrogen-bond acceptors (Lipinski definition) is 4. The quantitative estimate of drug-likeness (QED) is 0.712. The largest absolute Gasteiger partial charge is 0.310 e. The third kappa shape index (κ3) is 6.77.